The first-order chi connectivity index (χ1) is 10.1. The largest absolute Gasteiger partial charge is 0.334 e. The second kappa shape index (κ2) is 7.31. The Morgan fingerprint density at radius 3 is 2.81 bits per heavy atom. The van der Waals surface area contributed by atoms with Crippen molar-refractivity contribution < 1.29 is 9.72 Å². The maximum absolute atomic E-state index is 12.1. The van der Waals surface area contributed by atoms with Crippen LogP contribution in [0.3, 0.4) is 0 Å². The molecule has 114 valence electrons. The molecule has 1 atom stereocenters. The predicted molar refractivity (Wildman–Crippen MR) is 83.4 cm³/mol. The molecule has 0 aromatic heterocycles. The number of urea groups is 1. The number of benzene rings is 1. The van der Waals surface area contributed by atoms with E-state index in [0.29, 0.717) is 11.8 Å². The quantitative estimate of drug-likeness (QED) is 0.685. The van der Waals surface area contributed by atoms with Crippen LogP contribution in [-0.2, 0) is 6.54 Å². The molecule has 1 saturated heterocycles. The van der Waals surface area contributed by atoms with Gasteiger partial charge in [0.1, 0.15) is 0 Å². The van der Waals surface area contributed by atoms with Gasteiger partial charge in [-0.2, -0.15) is 11.8 Å². The molecule has 0 bridgehead atoms. The van der Waals surface area contributed by atoms with Crippen molar-refractivity contribution in [3.05, 3.63) is 39.9 Å². The summed E-state index contributed by atoms with van der Waals surface area (Å²) in [7, 11) is 0. The van der Waals surface area contributed by atoms with Crippen LogP contribution in [0.15, 0.2) is 24.3 Å². The number of nitrogens with zero attached hydrogens (tertiary/aromatic N) is 2. The Kier molecular flexibility index (Phi) is 5.44. The molecular weight excluding hydrogens is 290 g/mol. The van der Waals surface area contributed by atoms with E-state index in [2.05, 4.69) is 12.2 Å². The maximum atomic E-state index is 12.1. The topological polar surface area (TPSA) is 75.5 Å². The molecule has 2 amide bonds. The number of amides is 2. The van der Waals surface area contributed by atoms with Gasteiger partial charge in [-0.05, 0) is 12.0 Å². The van der Waals surface area contributed by atoms with Gasteiger partial charge < -0.3 is 10.2 Å². The van der Waals surface area contributed by atoms with Crippen molar-refractivity contribution in [3.63, 3.8) is 0 Å². The fourth-order valence-corrected chi connectivity index (χ4v) is 3.36. The lowest BCUT2D eigenvalue weighted by atomic mass is 10.2. The van der Waals surface area contributed by atoms with Crippen molar-refractivity contribution in [3.8, 4) is 0 Å². The van der Waals surface area contributed by atoms with Crippen LogP contribution in [0.25, 0.3) is 0 Å². The van der Waals surface area contributed by atoms with Crippen LogP contribution in [0.5, 0.6) is 0 Å². The first-order valence-corrected chi connectivity index (χ1v) is 8.02. The summed E-state index contributed by atoms with van der Waals surface area (Å²) in [5.74, 6) is 0.976. The van der Waals surface area contributed by atoms with Crippen LogP contribution in [0.4, 0.5) is 10.5 Å². The maximum Gasteiger partial charge on any atom is 0.317 e. The first-order valence-electron chi connectivity index (χ1n) is 6.98. The van der Waals surface area contributed by atoms with E-state index < -0.39 is 4.92 Å². The molecule has 0 spiro atoms. The molecule has 7 heteroatoms. The Hall–Kier alpha value is -1.76. The second-order valence-corrected chi connectivity index (χ2v) is 6.34. The average Bonchev–Trinajstić information content (AvgIpc) is 2.53. The van der Waals surface area contributed by atoms with Crippen LogP contribution in [-0.4, -0.2) is 39.9 Å². The summed E-state index contributed by atoms with van der Waals surface area (Å²) in [5.41, 5.74) is 0.913. The zero-order chi connectivity index (χ0) is 15.2. The minimum Gasteiger partial charge on any atom is -0.334 e. The predicted octanol–water partition coefficient (Wildman–Crippen LogP) is 2.63. The van der Waals surface area contributed by atoms with Crippen molar-refractivity contribution in [2.24, 2.45) is 0 Å². The Bertz CT molecular complexity index is 507. The molecule has 1 heterocycles. The van der Waals surface area contributed by atoms with Gasteiger partial charge >= 0.3 is 6.03 Å². The van der Waals surface area contributed by atoms with E-state index in [-0.39, 0.29) is 11.7 Å². The van der Waals surface area contributed by atoms with Crippen molar-refractivity contribution in [2.75, 3.05) is 18.8 Å². The molecule has 6 nitrogen and oxygen atoms in total. The fraction of sp³-hybridized carbons (Fsp3) is 0.500. The Morgan fingerprint density at radius 1 is 1.48 bits per heavy atom. The van der Waals surface area contributed by atoms with Gasteiger partial charge in [-0.25, -0.2) is 4.79 Å². The number of carbonyl (C=O) groups is 1. The molecule has 1 aliphatic rings. The Labute approximate surface area is 128 Å². The molecule has 1 N–H and O–H groups in total. The lowest BCUT2D eigenvalue weighted by Crippen LogP contribution is -2.46. The monoisotopic (exact) mass is 309 g/mol. The van der Waals surface area contributed by atoms with Crippen molar-refractivity contribution >= 4 is 23.5 Å². The zero-order valence-corrected chi connectivity index (χ0v) is 12.8. The molecule has 0 radical (unpaired) electrons. The fourth-order valence-electron chi connectivity index (χ4n) is 2.18. The van der Waals surface area contributed by atoms with Gasteiger partial charge in [0.05, 0.1) is 4.92 Å². The summed E-state index contributed by atoms with van der Waals surface area (Å²) in [6, 6.07) is 6.17. The van der Waals surface area contributed by atoms with Crippen LogP contribution in [0, 0.1) is 10.1 Å². The van der Waals surface area contributed by atoms with Gasteiger partial charge in [-0.15, -0.1) is 0 Å². The van der Waals surface area contributed by atoms with E-state index in [9.17, 15) is 14.9 Å². The van der Waals surface area contributed by atoms with E-state index in [1.165, 1.54) is 12.1 Å². The van der Waals surface area contributed by atoms with Crippen LogP contribution in [0.2, 0.25) is 0 Å². The van der Waals surface area contributed by atoms with E-state index >= 15 is 0 Å². The summed E-state index contributed by atoms with van der Waals surface area (Å²) in [4.78, 5) is 24.1. The third-order valence-corrected chi connectivity index (χ3v) is 4.84. The molecular formula is C14H19N3O3S. The van der Waals surface area contributed by atoms with Crippen molar-refractivity contribution in [1.82, 2.24) is 10.2 Å². The summed E-state index contributed by atoms with van der Waals surface area (Å²) >= 11 is 1.92. The first kappa shape index (κ1) is 15.6. The molecule has 0 saturated carbocycles. The summed E-state index contributed by atoms with van der Waals surface area (Å²) in [5, 5.41) is 14.0. The molecule has 0 unspecified atom stereocenters. The standard InChI is InChI=1S/C14H19N3O3S/c1-2-13-10-16(7-8-21-13)14(18)15-9-11-3-5-12(6-4-11)17(19)20/h3-6,13H,2,7-10H2,1H3,(H,15,18)/t13-/m1/s1. The number of carbonyl (C=O) groups excluding carboxylic acids is 1. The normalized spacial score (nSPS) is 18.3. The molecule has 1 aliphatic heterocycles. The highest BCUT2D eigenvalue weighted by molar-refractivity contribution is 8.00. The highest BCUT2D eigenvalue weighted by Gasteiger charge is 2.22. The molecule has 2 rings (SSSR count). The molecule has 21 heavy (non-hydrogen) atoms. The molecule has 1 fully saturated rings. The van der Waals surface area contributed by atoms with Gasteiger partial charge in [0, 0.05) is 42.8 Å². The van der Waals surface area contributed by atoms with Crippen LogP contribution in [0.1, 0.15) is 18.9 Å². The van der Waals surface area contributed by atoms with Gasteiger partial charge in [0.25, 0.3) is 5.69 Å². The molecule has 0 aliphatic carbocycles. The summed E-state index contributed by atoms with van der Waals surface area (Å²) in [6.45, 7) is 4.08. The summed E-state index contributed by atoms with van der Waals surface area (Å²) in [6.07, 6.45) is 1.07. The number of hydrogen-bond acceptors (Lipinski definition) is 4. The number of nitro groups is 1. The zero-order valence-electron chi connectivity index (χ0n) is 11.9. The second-order valence-electron chi connectivity index (χ2n) is 4.93. The number of nitro benzene ring substituents is 1. The van der Waals surface area contributed by atoms with Gasteiger partial charge in [-0.1, -0.05) is 19.1 Å². The molecule has 1 aromatic carbocycles. The van der Waals surface area contributed by atoms with E-state index in [0.717, 1.165) is 30.8 Å². The Morgan fingerprint density at radius 2 is 2.19 bits per heavy atom. The number of nitrogens with one attached hydrogen (secondary N) is 1. The lowest BCUT2D eigenvalue weighted by molar-refractivity contribution is -0.384. The number of rotatable bonds is 4. The minimum absolute atomic E-state index is 0.0592. The summed E-state index contributed by atoms with van der Waals surface area (Å²) < 4.78 is 0. The highest BCUT2D eigenvalue weighted by Crippen LogP contribution is 2.21. The smallest absolute Gasteiger partial charge is 0.317 e. The lowest BCUT2D eigenvalue weighted by Gasteiger charge is -2.31. The number of non-ortho nitro benzene ring substituents is 1. The number of hydrogen-bond donors (Lipinski definition) is 1. The highest BCUT2D eigenvalue weighted by atomic mass is 32.2. The van der Waals surface area contributed by atoms with E-state index in [1.807, 2.05) is 16.7 Å². The van der Waals surface area contributed by atoms with E-state index in [4.69, 9.17) is 0 Å². The number of thioether (sulfide) groups is 1. The van der Waals surface area contributed by atoms with Gasteiger partial charge in [0.2, 0.25) is 0 Å². The average molecular weight is 309 g/mol. The van der Waals surface area contributed by atoms with Crippen molar-refractivity contribution in [1.29, 1.82) is 0 Å². The van der Waals surface area contributed by atoms with Crippen LogP contribution >= 0.6 is 11.8 Å². The van der Waals surface area contributed by atoms with Gasteiger partial charge in [-0.3, -0.25) is 10.1 Å². The van der Waals surface area contributed by atoms with Crippen molar-refractivity contribution in [2.45, 2.75) is 25.1 Å². The minimum atomic E-state index is -0.432. The molecule has 1 aromatic rings. The van der Waals surface area contributed by atoms with Gasteiger partial charge in [0.15, 0.2) is 0 Å². The SMILES string of the molecule is CC[C@@H]1CN(C(=O)NCc2ccc([N+](=O)[O-])cc2)CCS1. The van der Waals surface area contributed by atoms with Crippen LogP contribution < -0.4 is 5.32 Å². The Balaban J connectivity index is 1.84. The van der Waals surface area contributed by atoms with E-state index in [1.54, 1.807) is 12.1 Å². The third-order valence-electron chi connectivity index (χ3n) is 3.47. The third kappa shape index (κ3) is 4.35.